The van der Waals surface area contributed by atoms with Crippen LogP contribution in [0.3, 0.4) is 0 Å². The molecule has 0 aliphatic heterocycles. The van der Waals surface area contributed by atoms with Gasteiger partial charge in [-0.15, -0.1) is 0 Å². The van der Waals surface area contributed by atoms with Crippen LogP contribution in [-0.2, 0) is 0 Å². The van der Waals surface area contributed by atoms with E-state index in [1.807, 2.05) is 0 Å². The summed E-state index contributed by atoms with van der Waals surface area (Å²) in [5.74, 6) is -1.93. The molecule has 0 bridgehead atoms. The van der Waals surface area contributed by atoms with Crippen LogP contribution in [-0.4, -0.2) is 11.6 Å². The maximum absolute atomic E-state index is 13.6. The lowest BCUT2D eigenvalue weighted by Gasteiger charge is -2.12. The highest BCUT2D eigenvalue weighted by molar-refractivity contribution is 9.10. The summed E-state index contributed by atoms with van der Waals surface area (Å²) in [5.41, 5.74) is -3.55. The molecule has 194 valence electrons. The molecule has 3 aromatic carbocycles. The Labute approximate surface area is 248 Å². The number of halogens is 2. The van der Waals surface area contributed by atoms with Crippen LogP contribution < -0.4 is 0 Å². The fraction of sp³-hybridized carbons (Fsp3) is 0.250. The molecule has 0 aromatic heterocycles. The van der Waals surface area contributed by atoms with Crippen molar-refractivity contribution in [3.8, 4) is 24.3 Å². The maximum Gasteiger partial charge on any atom is 0.172 e. The van der Waals surface area contributed by atoms with Crippen molar-refractivity contribution < 1.29 is 9.59 Å². The normalized spacial score (nSPS) is 26.7. The van der Waals surface area contributed by atoms with Crippen molar-refractivity contribution in [1.82, 2.24) is 0 Å². The SMILES string of the molecule is CC1(C(=O)c2ccc(Br)cc2)C(c2ccc(C3C(C#N)(C#N)C3(C)C(=O)c3ccc(Br)cc3)cc2)C1(C#N)C#N. The van der Waals surface area contributed by atoms with E-state index in [4.69, 9.17) is 0 Å². The monoisotopic (exact) mass is 650 g/mol. The van der Waals surface area contributed by atoms with Crippen molar-refractivity contribution >= 4 is 43.4 Å². The first-order valence-electron chi connectivity index (χ1n) is 12.4. The predicted molar refractivity (Wildman–Crippen MR) is 152 cm³/mol. The van der Waals surface area contributed by atoms with Gasteiger partial charge in [0.25, 0.3) is 0 Å². The molecule has 0 N–H and O–H groups in total. The molecule has 2 aliphatic rings. The minimum Gasteiger partial charge on any atom is -0.293 e. The van der Waals surface area contributed by atoms with Crippen LogP contribution in [0.2, 0.25) is 0 Å². The quantitative estimate of drug-likeness (QED) is 0.258. The second-order valence-electron chi connectivity index (χ2n) is 10.7. The number of hydrogen-bond acceptors (Lipinski definition) is 6. The zero-order valence-corrected chi connectivity index (χ0v) is 24.6. The average molecular weight is 652 g/mol. The number of nitriles is 4. The number of carbonyl (C=O) groups is 2. The molecule has 6 nitrogen and oxygen atoms in total. The first-order chi connectivity index (χ1) is 19.0. The molecular formula is C32H20Br2N4O2. The highest BCUT2D eigenvalue weighted by Gasteiger charge is 2.81. The van der Waals surface area contributed by atoms with Crippen LogP contribution in [0.25, 0.3) is 0 Å². The Morgan fingerprint density at radius 2 is 0.850 bits per heavy atom. The van der Waals surface area contributed by atoms with Gasteiger partial charge >= 0.3 is 0 Å². The van der Waals surface area contributed by atoms with Crippen molar-refractivity contribution in [2.45, 2.75) is 25.7 Å². The van der Waals surface area contributed by atoms with Crippen LogP contribution >= 0.6 is 31.9 Å². The Balaban J connectivity index is 1.50. The summed E-state index contributed by atoms with van der Waals surface area (Å²) in [5, 5.41) is 40.2. The highest BCUT2D eigenvalue weighted by Crippen LogP contribution is 2.76. The van der Waals surface area contributed by atoms with E-state index in [9.17, 15) is 30.6 Å². The number of benzene rings is 3. The minimum atomic E-state index is -1.55. The van der Waals surface area contributed by atoms with Gasteiger partial charge in [0.1, 0.15) is 0 Å². The summed E-state index contributed by atoms with van der Waals surface area (Å²) in [7, 11) is 0. The molecule has 3 aromatic rings. The summed E-state index contributed by atoms with van der Waals surface area (Å²) in [6, 6.07) is 29.0. The fourth-order valence-corrected chi connectivity index (χ4v) is 7.01. The van der Waals surface area contributed by atoms with Crippen molar-refractivity contribution in [1.29, 1.82) is 21.0 Å². The second kappa shape index (κ2) is 9.25. The second-order valence-corrected chi connectivity index (χ2v) is 12.5. The Morgan fingerprint density at radius 3 is 1.10 bits per heavy atom. The molecule has 0 radical (unpaired) electrons. The van der Waals surface area contributed by atoms with Crippen molar-refractivity contribution in [3.63, 3.8) is 0 Å². The van der Waals surface area contributed by atoms with E-state index in [0.29, 0.717) is 22.3 Å². The first-order valence-corrected chi connectivity index (χ1v) is 14.0. The summed E-state index contributed by atoms with van der Waals surface area (Å²) in [4.78, 5) is 27.2. The van der Waals surface area contributed by atoms with Gasteiger partial charge in [-0.1, -0.05) is 80.4 Å². The Kier molecular flexibility index (Phi) is 6.35. The van der Waals surface area contributed by atoms with Gasteiger partial charge in [-0.25, -0.2) is 0 Å². The Bertz CT molecular complexity index is 1580. The van der Waals surface area contributed by atoms with Crippen molar-refractivity contribution in [2.24, 2.45) is 21.7 Å². The largest absolute Gasteiger partial charge is 0.293 e. The van der Waals surface area contributed by atoms with E-state index >= 15 is 0 Å². The van der Waals surface area contributed by atoms with Crippen molar-refractivity contribution in [2.75, 3.05) is 0 Å². The first kappa shape index (κ1) is 27.5. The minimum absolute atomic E-state index is 0.292. The lowest BCUT2D eigenvalue weighted by atomic mass is 9.87. The van der Waals surface area contributed by atoms with Gasteiger partial charge in [-0.05, 0) is 49.2 Å². The highest BCUT2D eigenvalue weighted by atomic mass is 79.9. The molecule has 4 atom stereocenters. The van der Waals surface area contributed by atoms with Gasteiger partial charge < -0.3 is 0 Å². The standard InChI is InChI=1S/C32H20Br2N4O2/c1-29(27(39)21-7-11-23(33)12-8-21)25(31(29,15-35)16-36)19-3-5-20(6-4-19)26-30(2,32(26,17-37)18-38)28(40)22-9-13-24(34)14-10-22/h3-14,25-26H,1-2H3. The van der Waals surface area contributed by atoms with E-state index < -0.39 is 33.5 Å². The van der Waals surface area contributed by atoms with Gasteiger partial charge in [-0.2, -0.15) is 21.0 Å². The van der Waals surface area contributed by atoms with E-state index in [1.165, 1.54) is 0 Å². The third kappa shape index (κ3) is 3.40. The molecule has 4 unspecified atom stereocenters. The number of carbonyl (C=O) groups excluding carboxylic acids is 2. The van der Waals surface area contributed by atoms with E-state index in [1.54, 1.807) is 86.6 Å². The number of nitrogens with zero attached hydrogens (tertiary/aromatic N) is 4. The Morgan fingerprint density at radius 1 is 0.575 bits per heavy atom. The zero-order valence-electron chi connectivity index (χ0n) is 21.4. The van der Waals surface area contributed by atoms with Crippen LogP contribution in [0.4, 0.5) is 0 Å². The number of ketones is 2. The van der Waals surface area contributed by atoms with E-state index in [-0.39, 0.29) is 11.6 Å². The van der Waals surface area contributed by atoms with Crippen LogP contribution in [0.15, 0.2) is 81.7 Å². The molecule has 8 heteroatoms. The lowest BCUT2D eigenvalue weighted by Crippen LogP contribution is -2.20. The zero-order chi connectivity index (χ0) is 29.1. The van der Waals surface area contributed by atoms with Gasteiger partial charge in [-0.3, -0.25) is 9.59 Å². The third-order valence-electron chi connectivity index (χ3n) is 8.96. The van der Waals surface area contributed by atoms with Crippen LogP contribution in [0.5, 0.6) is 0 Å². The predicted octanol–water partition coefficient (Wildman–Crippen LogP) is 7.25. The molecule has 2 fully saturated rings. The van der Waals surface area contributed by atoms with Crippen LogP contribution in [0.1, 0.15) is 57.5 Å². The summed E-state index contributed by atoms with van der Waals surface area (Å²) >= 11 is 6.71. The summed E-state index contributed by atoms with van der Waals surface area (Å²) < 4.78 is 1.61. The molecular weight excluding hydrogens is 632 g/mol. The topological polar surface area (TPSA) is 129 Å². The average Bonchev–Trinajstić information content (AvgIpc) is 3.77. The van der Waals surface area contributed by atoms with E-state index in [0.717, 1.165) is 8.95 Å². The Hall–Kier alpha value is -4.08. The molecule has 0 spiro atoms. The maximum atomic E-state index is 13.6. The fourth-order valence-electron chi connectivity index (χ4n) is 6.48. The molecule has 2 aliphatic carbocycles. The van der Waals surface area contributed by atoms with Gasteiger partial charge in [0.15, 0.2) is 22.4 Å². The molecule has 0 saturated heterocycles. The molecule has 5 rings (SSSR count). The molecule has 0 amide bonds. The number of rotatable bonds is 6. The molecule has 40 heavy (non-hydrogen) atoms. The number of Topliss-reactive ketones (excluding diaryl/α,β-unsaturated/α-hetero) is 2. The molecule has 2 saturated carbocycles. The third-order valence-corrected chi connectivity index (χ3v) is 10.0. The van der Waals surface area contributed by atoms with Crippen LogP contribution in [0, 0.1) is 67.0 Å². The van der Waals surface area contributed by atoms with Gasteiger partial charge in [0.2, 0.25) is 0 Å². The summed E-state index contributed by atoms with van der Waals surface area (Å²) in [6.45, 7) is 3.29. The number of hydrogen-bond donors (Lipinski definition) is 0. The van der Waals surface area contributed by atoms with E-state index in [2.05, 4.69) is 56.1 Å². The van der Waals surface area contributed by atoms with Gasteiger partial charge in [0, 0.05) is 31.9 Å². The van der Waals surface area contributed by atoms with Gasteiger partial charge in [0.05, 0.1) is 35.1 Å². The smallest absolute Gasteiger partial charge is 0.172 e. The van der Waals surface area contributed by atoms with Crippen molar-refractivity contribution in [3.05, 3.63) is 104 Å². The molecule has 0 heterocycles. The summed E-state index contributed by atoms with van der Waals surface area (Å²) in [6.07, 6.45) is 0. The lowest BCUT2D eigenvalue weighted by molar-refractivity contribution is 0.0887.